The normalized spacial score (nSPS) is 8.93. The second-order valence-electron chi connectivity index (χ2n) is 2.65. The van der Waals surface area contributed by atoms with Crippen molar-refractivity contribution in [2.45, 2.75) is 13.3 Å². The lowest BCUT2D eigenvalue weighted by molar-refractivity contribution is -0.141. The third-order valence-electron chi connectivity index (χ3n) is 1.50. The van der Waals surface area contributed by atoms with Crippen LogP contribution >= 0.6 is 0 Å². The fraction of sp³-hybridized carbons (Fsp3) is 0.273. The Labute approximate surface area is 87.3 Å². The van der Waals surface area contributed by atoms with Crippen LogP contribution in [0.15, 0.2) is 18.3 Å². The van der Waals surface area contributed by atoms with Gasteiger partial charge in [-0.05, 0) is 13.0 Å². The zero-order valence-electron chi connectivity index (χ0n) is 8.29. The van der Waals surface area contributed by atoms with E-state index in [1.807, 2.05) is 0 Å². The Morgan fingerprint density at radius 1 is 1.67 bits per heavy atom. The zero-order valence-corrected chi connectivity index (χ0v) is 8.29. The van der Waals surface area contributed by atoms with E-state index in [2.05, 4.69) is 21.6 Å². The van der Waals surface area contributed by atoms with E-state index in [0.29, 0.717) is 12.2 Å². The predicted octanol–water partition coefficient (Wildman–Crippen LogP) is 1.53. The number of halogens is 1. The van der Waals surface area contributed by atoms with Crippen LogP contribution in [0, 0.1) is 17.8 Å². The number of ether oxygens (including phenoxy) is 1. The van der Waals surface area contributed by atoms with Gasteiger partial charge in [0.05, 0.1) is 6.61 Å². The second kappa shape index (κ2) is 5.76. The highest BCUT2D eigenvalue weighted by Gasteiger charge is 1.96. The summed E-state index contributed by atoms with van der Waals surface area (Å²) in [6, 6.07) is 2.78. The van der Waals surface area contributed by atoms with Gasteiger partial charge in [-0.25, -0.2) is 4.98 Å². The lowest BCUT2D eigenvalue weighted by Gasteiger charge is -1.94. The fourth-order valence-electron chi connectivity index (χ4n) is 0.911. The molecule has 0 spiro atoms. The monoisotopic (exact) mass is 207 g/mol. The molecule has 0 aliphatic carbocycles. The summed E-state index contributed by atoms with van der Waals surface area (Å²) in [6.07, 6.45) is 1.33. The minimum Gasteiger partial charge on any atom is -0.465 e. The summed E-state index contributed by atoms with van der Waals surface area (Å²) >= 11 is 0. The topological polar surface area (TPSA) is 39.2 Å². The van der Waals surface area contributed by atoms with E-state index in [1.165, 1.54) is 12.3 Å². The number of esters is 1. The summed E-state index contributed by atoms with van der Waals surface area (Å²) in [5, 5.41) is 0. The first-order chi connectivity index (χ1) is 7.22. The summed E-state index contributed by atoms with van der Waals surface area (Å²) < 4.78 is 17.3. The van der Waals surface area contributed by atoms with Gasteiger partial charge in [-0.3, -0.25) is 4.79 Å². The standard InChI is InChI=1S/C11H10FNO2/c1-2-15-11(14)5-3-4-9-6-7-13-10(12)8-9/h6-8H,2,5H2,1H3. The Kier molecular flexibility index (Phi) is 4.30. The number of pyridine rings is 1. The van der Waals surface area contributed by atoms with Crippen molar-refractivity contribution in [3.63, 3.8) is 0 Å². The molecule has 1 heterocycles. The van der Waals surface area contributed by atoms with Gasteiger partial charge in [-0.2, -0.15) is 4.39 Å². The molecular weight excluding hydrogens is 197 g/mol. The van der Waals surface area contributed by atoms with Crippen LogP contribution in [-0.2, 0) is 9.53 Å². The van der Waals surface area contributed by atoms with E-state index in [4.69, 9.17) is 0 Å². The van der Waals surface area contributed by atoms with Gasteiger partial charge in [0.25, 0.3) is 0 Å². The molecular formula is C11H10FNO2. The molecule has 0 saturated heterocycles. The lowest BCUT2D eigenvalue weighted by atomic mass is 10.2. The van der Waals surface area contributed by atoms with Crippen LogP contribution in [0.2, 0.25) is 0 Å². The first-order valence-corrected chi connectivity index (χ1v) is 4.48. The first-order valence-electron chi connectivity index (χ1n) is 4.48. The first kappa shape index (κ1) is 11.2. The molecule has 0 unspecified atom stereocenters. The highest BCUT2D eigenvalue weighted by Crippen LogP contribution is 1.97. The fourth-order valence-corrected chi connectivity index (χ4v) is 0.911. The summed E-state index contributed by atoms with van der Waals surface area (Å²) in [7, 11) is 0. The Morgan fingerprint density at radius 3 is 3.13 bits per heavy atom. The largest absolute Gasteiger partial charge is 0.465 e. The van der Waals surface area contributed by atoms with Gasteiger partial charge >= 0.3 is 5.97 Å². The van der Waals surface area contributed by atoms with E-state index in [0.717, 1.165) is 0 Å². The third kappa shape index (κ3) is 4.23. The van der Waals surface area contributed by atoms with Gasteiger partial charge in [0.1, 0.15) is 6.42 Å². The van der Waals surface area contributed by atoms with Crippen LogP contribution in [0.3, 0.4) is 0 Å². The van der Waals surface area contributed by atoms with Gasteiger partial charge in [-0.1, -0.05) is 11.8 Å². The molecule has 4 heteroatoms. The molecule has 78 valence electrons. The molecule has 0 radical (unpaired) electrons. The Balaban J connectivity index is 2.55. The van der Waals surface area contributed by atoms with Crippen molar-refractivity contribution in [2.24, 2.45) is 0 Å². The van der Waals surface area contributed by atoms with Crippen LogP contribution in [0.4, 0.5) is 4.39 Å². The molecule has 0 atom stereocenters. The van der Waals surface area contributed by atoms with Gasteiger partial charge in [0.15, 0.2) is 0 Å². The molecule has 0 amide bonds. The number of nitrogens with zero attached hydrogens (tertiary/aromatic N) is 1. The Morgan fingerprint density at radius 2 is 2.47 bits per heavy atom. The van der Waals surface area contributed by atoms with Crippen molar-refractivity contribution >= 4 is 5.97 Å². The minimum atomic E-state index is -0.585. The molecule has 1 aromatic heterocycles. The van der Waals surface area contributed by atoms with Crippen molar-refractivity contribution in [2.75, 3.05) is 6.61 Å². The van der Waals surface area contributed by atoms with Crippen LogP contribution in [0.1, 0.15) is 18.9 Å². The molecule has 0 saturated carbocycles. The quantitative estimate of drug-likeness (QED) is 0.419. The van der Waals surface area contributed by atoms with Crippen molar-refractivity contribution in [1.29, 1.82) is 0 Å². The summed E-state index contributed by atoms with van der Waals surface area (Å²) in [5.41, 5.74) is 0.492. The van der Waals surface area contributed by atoms with E-state index in [9.17, 15) is 9.18 Å². The Hall–Kier alpha value is -1.89. The van der Waals surface area contributed by atoms with Crippen LogP contribution in [-0.4, -0.2) is 17.6 Å². The molecule has 0 fully saturated rings. The van der Waals surface area contributed by atoms with Crippen LogP contribution in [0.5, 0.6) is 0 Å². The van der Waals surface area contributed by atoms with Gasteiger partial charge < -0.3 is 4.74 Å². The maximum absolute atomic E-state index is 12.6. The van der Waals surface area contributed by atoms with Gasteiger partial charge in [0, 0.05) is 17.8 Å². The van der Waals surface area contributed by atoms with Gasteiger partial charge in [-0.15, -0.1) is 0 Å². The smallest absolute Gasteiger partial charge is 0.317 e. The summed E-state index contributed by atoms with van der Waals surface area (Å²) in [4.78, 5) is 14.3. The van der Waals surface area contributed by atoms with Crippen molar-refractivity contribution < 1.29 is 13.9 Å². The number of carbonyl (C=O) groups is 1. The number of aromatic nitrogens is 1. The minimum absolute atomic E-state index is 0.0117. The van der Waals surface area contributed by atoms with E-state index < -0.39 is 5.95 Å². The average Bonchev–Trinajstić information content (AvgIpc) is 2.18. The second-order valence-corrected chi connectivity index (χ2v) is 2.65. The average molecular weight is 207 g/mol. The Bertz CT molecular complexity index is 407. The summed E-state index contributed by atoms with van der Waals surface area (Å²) in [6.45, 7) is 2.06. The number of rotatable bonds is 2. The van der Waals surface area contributed by atoms with E-state index in [-0.39, 0.29) is 12.4 Å². The molecule has 0 aliphatic rings. The van der Waals surface area contributed by atoms with Crippen LogP contribution < -0.4 is 0 Å². The summed E-state index contributed by atoms with van der Waals surface area (Å²) in [5.74, 6) is 4.28. The number of carbonyl (C=O) groups excluding carboxylic acids is 1. The number of hydrogen-bond donors (Lipinski definition) is 0. The van der Waals surface area contributed by atoms with E-state index in [1.54, 1.807) is 13.0 Å². The van der Waals surface area contributed by atoms with Gasteiger partial charge in [0.2, 0.25) is 5.95 Å². The van der Waals surface area contributed by atoms with Crippen molar-refractivity contribution in [1.82, 2.24) is 4.98 Å². The lowest BCUT2D eigenvalue weighted by Crippen LogP contribution is -2.01. The maximum atomic E-state index is 12.6. The molecule has 0 aromatic carbocycles. The third-order valence-corrected chi connectivity index (χ3v) is 1.50. The van der Waals surface area contributed by atoms with Crippen LogP contribution in [0.25, 0.3) is 0 Å². The predicted molar refractivity (Wildman–Crippen MR) is 52.3 cm³/mol. The molecule has 15 heavy (non-hydrogen) atoms. The zero-order chi connectivity index (χ0) is 11.1. The highest BCUT2D eigenvalue weighted by molar-refractivity contribution is 5.72. The van der Waals surface area contributed by atoms with E-state index >= 15 is 0 Å². The maximum Gasteiger partial charge on any atom is 0.317 e. The SMILES string of the molecule is CCOC(=O)CC#Cc1ccnc(F)c1. The van der Waals surface area contributed by atoms with Crippen molar-refractivity contribution in [3.8, 4) is 11.8 Å². The highest BCUT2D eigenvalue weighted by atomic mass is 19.1. The molecule has 0 aliphatic heterocycles. The molecule has 1 rings (SSSR count). The molecule has 0 bridgehead atoms. The molecule has 1 aromatic rings. The molecule has 3 nitrogen and oxygen atoms in total. The number of hydrogen-bond acceptors (Lipinski definition) is 3. The molecule has 0 N–H and O–H groups in total. The van der Waals surface area contributed by atoms with Crippen molar-refractivity contribution in [3.05, 3.63) is 29.8 Å².